The highest BCUT2D eigenvalue weighted by molar-refractivity contribution is 7.88. The van der Waals surface area contributed by atoms with Crippen LogP contribution >= 0.6 is 12.4 Å². The standard InChI is InChI=1S/C12H17N3O4S.ClH/c1-14(12-6-7-13-8-12)20(18,19)9-10-2-4-11(5-3-10)15(16)17;/h2-5,12-13H,6-9H2,1H3;1H. The lowest BCUT2D eigenvalue weighted by Gasteiger charge is -2.23. The van der Waals surface area contributed by atoms with E-state index in [1.54, 1.807) is 7.05 Å². The Hall–Kier alpha value is -1.22. The Bertz CT molecular complexity index is 585. The van der Waals surface area contributed by atoms with Crippen LogP contribution in [0.4, 0.5) is 5.69 Å². The molecule has 21 heavy (non-hydrogen) atoms. The van der Waals surface area contributed by atoms with Gasteiger partial charge >= 0.3 is 0 Å². The fourth-order valence-electron chi connectivity index (χ4n) is 2.20. The zero-order chi connectivity index (χ0) is 14.8. The number of sulfonamides is 1. The smallest absolute Gasteiger partial charge is 0.269 e. The summed E-state index contributed by atoms with van der Waals surface area (Å²) in [6.07, 6.45) is 0.802. The summed E-state index contributed by atoms with van der Waals surface area (Å²) >= 11 is 0. The monoisotopic (exact) mass is 335 g/mol. The molecular weight excluding hydrogens is 318 g/mol. The Labute approximate surface area is 129 Å². The summed E-state index contributed by atoms with van der Waals surface area (Å²) < 4.78 is 25.9. The van der Waals surface area contributed by atoms with Gasteiger partial charge < -0.3 is 5.32 Å². The summed E-state index contributed by atoms with van der Waals surface area (Å²) in [4.78, 5) is 10.0. The van der Waals surface area contributed by atoms with E-state index in [1.807, 2.05) is 0 Å². The Morgan fingerprint density at radius 3 is 2.48 bits per heavy atom. The van der Waals surface area contributed by atoms with Crippen LogP contribution in [0.15, 0.2) is 24.3 Å². The van der Waals surface area contributed by atoms with Crippen molar-refractivity contribution in [1.82, 2.24) is 9.62 Å². The molecule has 1 fully saturated rings. The molecule has 118 valence electrons. The SMILES string of the molecule is CN(C1CCNC1)S(=O)(=O)Cc1ccc([N+](=O)[O-])cc1.Cl. The minimum atomic E-state index is -3.41. The number of nitro groups is 1. The lowest BCUT2D eigenvalue weighted by atomic mass is 10.2. The Morgan fingerprint density at radius 1 is 1.38 bits per heavy atom. The number of nitrogens with zero attached hydrogens (tertiary/aromatic N) is 2. The summed E-state index contributed by atoms with van der Waals surface area (Å²) in [5.74, 6) is -0.141. The zero-order valence-corrected chi connectivity index (χ0v) is 13.2. The molecule has 0 spiro atoms. The molecular formula is C12H18ClN3O4S. The summed E-state index contributed by atoms with van der Waals surface area (Å²) in [5.41, 5.74) is 0.507. The molecule has 1 heterocycles. The van der Waals surface area contributed by atoms with Crippen LogP contribution in [0.3, 0.4) is 0 Å². The third-order valence-electron chi connectivity index (χ3n) is 3.48. The summed E-state index contributed by atoms with van der Waals surface area (Å²) in [7, 11) is -1.82. The first-order chi connectivity index (χ1) is 9.40. The largest absolute Gasteiger partial charge is 0.315 e. The fraction of sp³-hybridized carbons (Fsp3) is 0.500. The van der Waals surface area contributed by atoms with E-state index in [1.165, 1.54) is 28.6 Å². The van der Waals surface area contributed by atoms with Crippen molar-refractivity contribution >= 4 is 28.1 Å². The van der Waals surface area contributed by atoms with Gasteiger partial charge in [-0.3, -0.25) is 10.1 Å². The van der Waals surface area contributed by atoms with Gasteiger partial charge in [0.05, 0.1) is 10.7 Å². The van der Waals surface area contributed by atoms with E-state index < -0.39 is 14.9 Å². The van der Waals surface area contributed by atoms with Crippen molar-refractivity contribution in [2.45, 2.75) is 18.2 Å². The molecule has 0 amide bonds. The predicted molar refractivity (Wildman–Crippen MR) is 82.0 cm³/mol. The Balaban J connectivity index is 0.00000220. The quantitative estimate of drug-likeness (QED) is 0.643. The molecule has 1 aromatic carbocycles. The molecule has 0 aliphatic carbocycles. The van der Waals surface area contributed by atoms with Crippen molar-refractivity contribution in [2.24, 2.45) is 0 Å². The first-order valence-corrected chi connectivity index (χ1v) is 7.91. The summed E-state index contributed by atoms with van der Waals surface area (Å²) in [6, 6.07) is 5.59. The van der Waals surface area contributed by atoms with E-state index >= 15 is 0 Å². The second-order valence-corrected chi connectivity index (χ2v) is 6.87. The van der Waals surface area contributed by atoms with Gasteiger partial charge in [0.1, 0.15) is 0 Å². The number of benzene rings is 1. The summed E-state index contributed by atoms with van der Waals surface area (Å²) in [6.45, 7) is 1.48. The van der Waals surface area contributed by atoms with Crippen LogP contribution in [0.5, 0.6) is 0 Å². The van der Waals surface area contributed by atoms with Crippen LogP contribution in [0.25, 0.3) is 0 Å². The number of nitro benzene ring substituents is 1. The number of nitrogens with one attached hydrogen (secondary N) is 1. The van der Waals surface area contributed by atoms with E-state index in [0.717, 1.165) is 13.0 Å². The van der Waals surface area contributed by atoms with E-state index in [0.29, 0.717) is 12.1 Å². The number of hydrogen-bond acceptors (Lipinski definition) is 5. The average Bonchev–Trinajstić information content (AvgIpc) is 2.91. The lowest BCUT2D eigenvalue weighted by Crippen LogP contribution is -2.38. The molecule has 1 atom stereocenters. The van der Waals surface area contributed by atoms with Crippen LogP contribution < -0.4 is 5.32 Å². The van der Waals surface area contributed by atoms with Gasteiger partial charge in [-0.2, -0.15) is 0 Å². The molecule has 1 saturated heterocycles. The molecule has 0 saturated carbocycles. The van der Waals surface area contributed by atoms with Crippen molar-refractivity contribution in [1.29, 1.82) is 0 Å². The van der Waals surface area contributed by atoms with Crippen LogP contribution in [0.1, 0.15) is 12.0 Å². The van der Waals surface area contributed by atoms with Gasteiger partial charge in [0.25, 0.3) is 5.69 Å². The van der Waals surface area contributed by atoms with E-state index in [-0.39, 0.29) is 29.9 Å². The maximum absolute atomic E-state index is 12.3. The molecule has 0 bridgehead atoms. The molecule has 0 radical (unpaired) electrons. The fourth-order valence-corrected chi connectivity index (χ4v) is 3.65. The number of hydrogen-bond donors (Lipinski definition) is 1. The molecule has 2 rings (SSSR count). The minimum Gasteiger partial charge on any atom is -0.315 e. The average molecular weight is 336 g/mol. The van der Waals surface area contributed by atoms with E-state index in [2.05, 4.69) is 5.32 Å². The highest BCUT2D eigenvalue weighted by Gasteiger charge is 2.28. The van der Waals surface area contributed by atoms with Gasteiger partial charge in [-0.05, 0) is 18.5 Å². The normalized spacial score (nSPS) is 18.5. The maximum Gasteiger partial charge on any atom is 0.269 e. The molecule has 1 aromatic rings. The van der Waals surface area contributed by atoms with Gasteiger partial charge in [-0.1, -0.05) is 12.1 Å². The first kappa shape index (κ1) is 17.8. The molecule has 1 aliphatic heterocycles. The van der Waals surface area contributed by atoms with Crippen molar-refractivity contribution < 1.29 is 13.3 Å². The topological polar surface area (TPSA) is 92.6 Å². The lowest BCUT2D eigenvalue weighted by molar-refractivity contribution is -0.384. The van der Waals surface area contributed by atoms with Gasteiger partial charge in [-0.25, -0.2) is 12.7 Å². The van der Waals surface area contributed by atoms with Crippen molar-refractivity contribution in [3.05, 3.63) is 39.9 Å². The highest BCUT2D eigenvalue weighted by atomic mass is 35.5. The maximum atomic E-state index is 12.3. The number of halogens is 1. The van der Waals surface area contributed by atoms with Crippen molar-refractivity contribution in [3.63, 3.8) is 0 Å². The van der Waals surface area contributed by atoms with Gasteiger partial charge in [-0.15, -0.1) is 12.4 Å². The Kier molecular flexibility index (Phi) is 6.09. The second kappa shape index (κ2) is 7.17. The second-order valence-electron chi connectivity index (χ2n) is 4.84. The third kappa shape index (κ3) is 4.37. The van der Waals surface area contributed by atoms with Crippen LogP contribution in [0.2, 0.25) is 0 Å². The minimum absolute atomic E-state index is 0. The van der Waals surface area contributed by atoms with E-state index in [4.69, 9.17) is 0 Å². The molecule has 0 aromatic heterocycles. The molecule has 1 unspecified atom stereocenters. The van der Waals surface area contributed by atoms with Crippen LogP contribution in [0, 0.1) is 10.1 Å². The van der Waals surface area contributed by atoms with Crippen molar-refractivity contribution in [2.75, 3.05) is 20.1 Å². The molecule has 1 aliphatic rings. The van der Waals surface area contributed by atoms with Crippen LogP contribution in [-0.4, -0.2) is 43.8 Å². The van der Waals surface area contributed by atoms with Gasteiger partial charge in [0.15, 0.2) is 0 Å². The predicted octanol–water partition coefficient (Wildman–Crippen LogP) is 1.14. The Morgan fingerprint density at radius 2 is 2.00 bits per heavy atom. The van der Waals surface area contributed by atoms with Gasteiger partial charge in [0.2, 0.25) is 10.0 Å². The highest BCUT2D eigenvalue weighted by Crippen LogP contribution is 2.18. The summed E-state index contributed by atoms with van der Waals surface area (Å²) in [5, 5.41) is 13.7. The number of non-ortho nitro benzene ring substituents is 1. The number of rotatable bonds is 5. The molecule has 7 nitrogen and oxygen atoms in total. The molecule has 9 heteroatoms. The van der Waals surface area contributed by atoms with Crippen molar-refractivity contribution in [3.8, 4) is 0 Å². The van der Waals surface area contributed by atoms with E-state index in [9.17, 15) is 18.5 Å². The number of likely N-dealkylation sites (N-methyl/N-ethyl adjacent to an activating group) is 1. The molecule has 1 N–H and O–H groups in total. The first-order valence-electron chi connectivity index (χ1n) is 6.30. The van der Waals surface area contributed by atoms with Crippen LogP contribution in [-0.2, 0) is 15.8 Å². The zero-order valence-electron chi connectivity index (χ0n) is 11.6. The van der Waals surface area contributed by atoms with Gasteiger partial charge in [0, 0.05) is 31.8 Å². The third-order valence-corrected chi connectivity index (χ3v) is 5.36.